The molecule has 1 amide bonds. The summed E-state index contributed by atoms with van der Waals surface area (Å²) in [5.41, 5.74) is 0. The van der Waals surface area contributed by atoms with Gasteiger partial charge in [-0.25, -0.2) is 13.2 Å². The smallest absolute Gasteiger partial charge is 0.406 e. The maximum absolute atomic E-state index is 12.3. The summed E-state index contributed by atoms with van der Waals surface area (Å²) in [6, 6.07) is 1.41. The molecular formula is C14H20N2O7S2. The summed E-state index contributed by atoms with van der Waals surface area (Å²) in [6.07, 6.45) is -0.476. The monoisotopic (exact) mass is 392 g/mol. The molecular weight excluding hydrogens is 372 g/mol. The summed E-state index contributed by atoms with van der Waals surface area (Å²) in [5, 5.41) is 11.6. The van der Waals surface area contributed by atoms with Crippen molar-refractivity contribution in [2.75, 3.05) is 13.7 Å². The molecule has 1 rings (SSSR count). The number of aliphatic carboxylic acids is 1. The fourth-order valence-corrected chi connectivity index (χ4v) is 4.35. The van der Waals surface area contributed by atoms with Gasteiger partial charge in [-0.05, 0) is 18.6 Å². The zero-order chi connectivity index (χ0) is 19.0. The van der Waals surface area contributed by atoms with Gasteiger partial charge in [-0.1, -0.05) is 6.92 Å². The van der Waals surface area contributed by atoms with Crippen molar-refractivity contribution in [2.45, 2.75) is 36.4 Å². The Balaban J connectivity index is 2.76. The molecule has 0 saturated carbocycles. The van der Waals surface area contributed by atoms with Crippen LogP contribution in [-0.4, -0.2) is 51.1 Å². The van der Waals surface area contributed by atoms with Gasteiger partial charge in [0, 0.05) is 24.3 Å². The number of ketones is 1. The van der Waals surface area contributed by atoms with Gasteiger partial charge < -0.3 is 15.2 Å². The Hall–Kier alpha value is -1.98. The number of Topliss-reactive ketones (excluding diaryl/α,β-unsaturated/α-hetero) is 1. The predicted molar refractivity (Wildman–Crippen MR) is 90.1 cm³/mol. The third-order valence-electron chi connectivity index (χ3n) is 3.15. The molecule has 1 aromatic rings. The summed E-state index contributed by atoms with van der Waals surface area (Å²) in [6.45, 7) is 1.84. The van der Waals surface area contributed by atoms with Gasteiger partial charge in [0.15, 0.2) is 0 Å². The van der Waals surface area contributed by atoms with Crippen LogP contribution >= 0.6 is 11.3 Å². The van der Waals surface area contributed by atoms with Gasteiger partial charge in [0.05, 0.1) is 7.11 Å². The minimum Gasteiger partial charge on any atom is -0.480 e. The van der Waals surface area contributed by atoms with Crippen LogP contribution in [0.25, 0.3) is 0 Å². The first-order valence-electron chi connectivity index (χ1n) is 7.37. The highest BCUT2D eigenvalue weighted by Crippen LogP contribution is 2.22. The molecule has 0 aliphatic rings. The topological polar surface area (TPSA) is 139 Å². The third kappa shape index (κ3) is 6.80. The minimum atomic E-state index is -4.06. The number of carbonyl (C=O) groups is 3. The second-order valence-electron chi connectivity index (χ2n) is 5.00. The minimum absolute atomic E-state index is 0.0595. The molecule has 0 saturated heterocycles. The number of amides is 1. The highest BCUT2D eigenvalue weighted by molar-refractivity contribution is 7.91. The molecule has 0 aromatic carbocycles. The number of alkyl carbamates (subject to hydrolysis) is 1. The molecule has 1 atom stereocenters. The molecule has 1 heterocycles. The van der Waals surface area contributed by atoms with Gasteiger partial charge in [-0.15, -0.1) is 11.3 Å². The lowest BCUT2D eigenvalue weighted by Crippen LogP contribution is -2.41. The number of carbonyl (C=O) groups excluding carboxylic acids is 2. The van der Waals surface area contributed by atoms with Crippen LogP contribution in [0.1, 0.15) is 24.6 Å². The van der Waals surface area contributed by atoms with Gasteiger partial charge in [-0.3, -0.25) is 9.59 Å². The Labute approximate surface area is 149 Å². The number of methoxy groups -OCH3 is 1. The Bertz CT molecular complexity index is 727. The summed E-state index contributed by atoms with van der Waals surface area (Å²) in [5.74, 6) is -1.76. The molecule has 1 unspecified atom stereocenters. The quantitative estimate of drug-likeness (QED) is 0.534. The van der Waals surface area contributed by atoms with Crippen LogP contribution in [-0.2, 0) is 30.8 Å². The van der Waals surface area contributed by atoms with Crippen molar-refractivity contribution >= 4 is 39.2 Å². The standard InChI is InChI=1S/C14H20N2O7S2/c1-3-9(17)8-11(13(18)19)16-25(21,22)12-5-4-10(24-12)6-7-15-14(20)23-2/h4-5,11,16H,3,6-8H2,1-2H3,(H,15,20)(H,18,19). The number of thiophene rings is 1. The summed E-state index contributed by atoms with van der Waals surface area (Å²) in [4.78, 5) is 34.2. The van der Waals surface area contributed by atoms with E-state index in [-0.39, 0.29) is 23.0 Å². The Morgan fingerprint density at radius 2 is 2.00 bits per heavy atom. The second kappa shape index (κ2) is 9.49. The van der Waals surface area contributed by atoms with Crippen LogP contribution in [0.15, 0.2) is 16.3 Å². The number of carboxylic acids is 1. The molecule has 0 bridgehead atoms. The van der Waals surface area contributed by atoms with E-state index >= 15 is 0 Å². The van der Waals surface area contributed by atoms with Crippen molar-refractivity contribution in [1.29, 1.82) is 0 Å². The molecule has 0 spiro atoms. The normalized spacial score (nSPS) is 12.4. The molecule has 1 aromatic heterocycles. The lowest BCUT2D eigenvalue weighted by Gasteiger charge is -2.12. The highest BCUT2D eigenvalue weighted by Gasteiger charge is 2.28. The number of hydrogen-bond acceptors (Lipinski definition) is 7. The second-order valence-corrected chi connectivity index (χ2v) is 8.11. The van der Waals surface area contributed by atoms with Gasteiger partial charge in [0.2, 0.25) is 0 Å². The van der Waals surface area contributed by atoms with Crippen molar-refractivity contribution in [3.05, 3.63) is 17.0 Å². The van der Waals surface area contributed by atoms with Gasteiger partial charge in [-0.2, -0.15) is 4.72 Å². The van der Waals surface area contributed by atoms with Crippen LogP contribution in [0.4, 0.5) is 4.79 Å². The maximum atomic E-state index is 12.3. The number of sulfonamides is 1. The molecule has 0 radical (unpaired) electrons. The van der Waals surface area contributed by atoms with Crippen LogP contribution in [0.3, 0.4) is 0 Å². The van der Waals surface area contributed by atoms with Crippen LogP contribution in [0.2, 0.25) is 0 Å². The van der Waals surface area contributed by atoms with Gasteiger partial charge >= 0.3 is 12.1 Å². The van der Waals surface area contributed by atoms with E-state index in [0.29, 0.717) is 11.3 Å². The number of ether oxygens (including phenoxy) is 1. The van der Waals surface area contributed by atoms with Crippen molar-refractivity contribution in [3.8, 4) is 0 Å². The summed E-state index contributed by atoms with van der Waals surface area (Å²) in [7, 11) is -2.83. The highest BCUT2D eigenvalue weighted by atomic mass is 32.2. The maximum Gasteiger partial charge on any atom is 0.406 e. The lowest BCUT2D eigenvalue weighted by molar-refractivity contribution is -0.140. The molecule has 9 nitrogen and oxygen atoms in total. The Morgan fingerprint density at radius 3 is 2.56 bits per heavy atom. The molecule has 11 heteroatoms. The fraction of sp³-hybridized carbons (Fsp3) is 0.500. The Morgan fingerprint density at radius 1 is 1.32 bits per heavy atom. The van der Waals surface area contributed by atoms with E-state index in [2.05, 4.69) is 10.1 Å². The molecule has 140 valence electrons. The zero-order valence-corrected chi connectivity index (χ0v) is 15.4. The van der Waals surface area contributed by atoms with Gasteiger partial charge in [0.1, 0.15) is 16.0 Å². The predicted octanol–water partition coefficient (Wildman–Crippen LogP) is 0.747. The van der Waals surface area contributed by atoms with E-state index in [1.54, 1.807) is 13.0 Å². The van der Waals surface area contributed by atoms with Crippen LogP contribution < -0.4 is 10.0 Å². The largest absolute Gasteiger partial charge is 0.480 e. The molecule has 0 fully saturated rings. The van der Waals surface area contributed by atoms with Crippen molar-refractivity contribution < 1.29 is 32.6 Å². The average Bonchev–Trinajstić information content (AvgIpc) is 3.03. The van der Waals surface area contributed by atoms with E-state index in [0.717, 1.165) is 11.3 Å². The van der Waals surface area contributed by atoms with E-state index < -0.39 is 34.5 Å². The molecule has 0 aliphatic heterocycles. The number of carboxylic acid groups (broad SMARTS) is 1. The number of rotatable bonds is 10. The molecule has 0 aliphatic carbocycles. The summed E-state index contributed by atoms with van der Waals surface area (Å²) >= 11 is 0.957. The zero-order valence-electron chi connectivity index (χ0n) is 13.8. The van der Waals surface area contributed by atoms with Gasteiger partial charge in [0.25, 0.3) is 10.0 Å². The first kappa shape index (κ1) is 21.1. The first-order chi connectivity index (χ1) is 11.7. The lowest BCUT2D eigenvalue weighted by atomic mass is 10.1. The van der Waals surface area contributed by atoms with E-state index in [4.69, 9.17) is 5.11 Å². The number of hydrogen-bond donors (Lipinski definition) is 3. The average molecular weight is 392 g/mol. The number of nitrogens with one attached hydrogen (secondary N) is 2. The van der Waals surface area contributed by atoms with E-state index in [1.807, 2.05) is 4.72 Å². The van der Waals surface area contributed by atoms with Crippen LogP contribution in [0.5, 0.6) is 0 Å². The SMILES string of the molecule is CCC(=O)CC(NS(=O)(=O)c1ccc(CCNC(=O)OC)s1)C(=O)O. The first-order valence-corrected chi connectivity index (χ1v) is 9.67. The van der Waals surface area contributed by atoms with E-state index in [9.17, 15) is 22.8 Å². The molecule has 25 heavy (non-hydrogen) atoms. The van der Waals surface area contributed by atoms with E-state index in [1.165, 1.54) is 13.2 Å². The van der Waals surface area contributed by atoms with Crippen molar-refractivity contribution in [3.63, 3.8) is 0 Å². The van der Waals surface area contributed by atoms with Crippen molar-refractivity contribution in [1.82, 2.24) is 10.0 Å². The third-order valence-corrected chi connectivity index (χ3v) is 6.26. The Kier molecular flexibility index (Phi) is 8.00. The fourth-order valence-electron chi connectivity index (χ4n) is 1.79. The summed E-state index contributed by atoms with van der Waals surface area (Å²) < 4.78 is 31.0. The van der Waals surface area contributed by atoms with Crippen molar-refractivity contribution in [2.24, 2.45) is 0 Å². The molecule has 3 N–H and O–H groups in total. The van der Waals surface area contributed by atoms with Crippen LogP contribution in [0, 0.1) is 0 Å².